The summed E-state index contributed by atoms with van der Waals surface area (Å²) in [6, 6.07) is 3.75. The topological polar surface area (TPSA) is 34.1 Å². The molecule has 2 rings (SSSR count). The van der Waals surface area contributed by atoms with Crippen LogP contribution in [0.1, 0.15) is 12.8 Å². The van der Waals surface area contributed by atoms with E-state index in [0.29, 0.717) is 5.15 Å². The molecule has 1 fully saturated rings. The molecule has 0 aromatic carbocycles. The maximum Gasteiger partial charge on any atom is 0.129 e. The number of hydrogen-bond acceptors (Lipinski definition) is 3. The minimum Gasteiger partial charge on any atom is -0.384 e. The molecule has 1 aliphatic rings. The average Bonchev–Trinajstić information content (AvgIpc) is 2.30. The van der Waals surface area contributed by atoms with Crippen molar-refractivity contribution >= 4 is 17.3 Å². The summed E-state index contributed by atoms with van der Waals surface area (Å²) >= 11 is 5.71. The predicted octanol–water partition coefficient (Wildman–Crippen LogP) is 2.57. The number of pyridine rings is 1. The van der Waals surface area contributed by atoms with E-state index >= 15 is 0 Å². The Bertz CT molecular complexity index is 296. The molecule has 1 saturated heterocycles. The van der Waals surface area contributed by atoms with E-state index in [0.717, 1.165) is 44.2 Å². The van der Waals surface area contributed by atoms with Crippen molar-refractivity contribution in [1.29, 1.82) is 0 Å². The lowest BCUT2D eigenvalue weighted by molar-refractivity contribution is 0.0699. The standard InChI is InChI=1S/C11H15ClN2O/c12-11-2-1-10(8-14-11)13-7-9-3-5-15-6-4-9/h1-2,8-9,13H,3-7H2. The Balaban J connectivity index is 1.79. The Morgan fingerprint density at radius 2 is 2.20 bits per heavy atom. The van der Waals surface area contributed by atoms with Crippen molar-refractivity contribution in [1.82, 2.24) is 4.98 Å². The van der Waals surface area contributed by atoms with Crippen LogP contribution in [-0.2, 0) is 4.74 Å². The van der Waals surface area contributed by atoms with E-state index < -0.39 is 0 Å². The van der Waals surface area contributed by atoms with Gasteiger partial charge in [0.2, 0.25) is 0 Å². The van der Waals surface area contributed by atoms with Gasteiger partial charge in [-0.1, -0.05) is 11.6 Å². The number of ether oxygens (including phenoxy) is 1. The van der Waals surface area contributed by atoms with E-state index in [9.17, 15) is 0 Å². The minimum atomic E-state index is 0.534. The fourth-order valence-corrected chi connectivity index (χ4v) is 1.80. The number of rotatable bonds is 3. The highest BCUT2D eigenvalue weighted by Gasteiger charge is 2.12. The molecule has 0 amide bonds. The van der Waals surface area contributed by atoms with Gasteiger partial charge in [-0.25, -0.2) is 4.98 Å². The molecule has 15 heavy (non-hydrogen) atoms. The van der Waals surface area contributed by atoms with Crippen molar-refractivity contribution < 1.29 is 4.74 Å². The third-order valence-corrected chi connectivity index (χ3v) is 2.89. The lowest BCUT2D eigenvalue weighted by Crippen LogP contribution is -2.22. The molecule has 1 aromatic rings. The maximum absolute atomic E-state index is 5.71. The van der Waals surface area contributed by atoms with Gasteiger partial charge in [-0.3, -0.25) is 0 Å². The number of nitrogens with zero attached hydrogens (tertiary/aromatic N) is 1. The molecule has 1 aliphatic heterocycles. The predicted molar refractivity (Wildman–Crippen MR) is 61.3 cm³/mol. The van der Waals surface area contributed by atoms with Crippen molar-refractivity contribution in [3.63, 3.8) is 0 Å². The zero-order chi connectivity index (χ0) is 10.5. The summed E-state index contributed by atoms with van der Waals surface area (Å²) in [5.74, 6) is 0.717. The highest BCUT2D eigenvalue weighted by atomic mass is 35.5. The first kappa shape index (κ1) is 10.7. The van der Waals surface area contributed by atoms with Crippen molar-refractivity contribution in [2.75, 3.05) is 25.1 Å². The molecule has 0 radical (unpaired) electrons. The summed E-state index contributed by atoms with van der Waals surface area (Å²) in [5, 5.41) is 3.90. The van der Waals surface area contributed by atoms with E-state index in [1.807, 2.05) is 6.07 Å². The van der Waals surface area contributed by atoms with E-state index in [4.69, 9.17) is 16.3 Å². The third-order valence-electron chi connectivity index (χ3n) is 2.66. The van der Waals surface area contributed by atoms with Crippen LogP contribution in [0.5, 0.6) is 0 Å². The molecule has 0 saturated carbocycles. The zero-order valence-electron chi connectivity index (χ0n) is 8.58. The Labute approximate surface area is 94.8 Å². The van der Waals surface area contributed by atoms with Crippen LogP contribution in [0.2, 0.25) is 5.15 Å². The van der Waals surface area contributed by atoms with Crippen molar-refractivity contribution in [2.24, 2.45) is 5.92 Å². The van der Waals surface area contributed by atoms with Gasteiger partial charge in [0.05, 0.1) is 11.9 Å². The van der Waals surface area contributed by atoms with Gasteiger partial charge < -0.3 is 10.1 Å². The molecular formula is C11H15ClN2O. The molecule has 0 atom stereocenters. The average molecular weight is 227 g/mol. The van der Waals surface area contributed by atoms with Gasteiger partial charge in [-0.15, -0.1) is 0 Å². The third kappa shape index (κ3) is 3.36. The molecular weight excluding hydrogens is 212 g/mol. The number of aromatic nitrogens is 1. The summed E-state index contributed by atoms with van der Waals surface area (Å²) in [6.45, 7) is 2.78. The Morgan fingerprint density at radius 1 is 1.40 bits per heavy atom. The SMILES string of the molecule is Clc1ccc(NCC2CCOCC2)cn1. The van der Waals surface area contributed by atoms with Crippen LogP contribution in [0.15, 0.2) is 18.3 Å². The molecule has 82 valence electrons. The van der Waals surface area contributed by atoms with E-state index in [1.54, 1.807) is 12.3 Å². The smallest absolute Gasteiger partial charge is 0.129 e. The van der Waals surface area contributed by atoms with Crippen molar-refractivity contribution in [3.05, 3.63) is 23.5 Å². The number of nitrogens with one attached hydrogen (secondary N) is 1. The van der Waals surface area contributed by atoms with Gasteiger partial charge >= 0.3 is 0 Å². The van der Waals surface area contributed by atoms with E-state index in [-0.39, 0.29) is 0 Å². The highest BCUT2D eigenvalue weighted by molar-refractivity contribution is 6.29. The second-order valence-corrected chi connectivity index (χ2v) is 4.19. The van der Waals surface area contributed by atoms with Gasteiger partial charge in [0.25, 0.3) is 0 Å². The lowest BCUT2D eigenvalue weighted by atomic mass is 10.0. The second-order valence-electron chi connectivity index (χ2n) is 3.81. The fraction of sp³-hybridized carbons (Fsp3) is 0.545. The lowest BCUT2D eigenvalue weighted by Gasteiger charge is -2.22. The van der Waals surface area contributed by atoms with Crippen molar-refractivity contribution in [2.45, 2.75) is 12.8 Å². The molecule has 0 unspecified atom stereocenters. The maximum atomic E-state index is 5.71. The van der Waals surface area contributed by atoms with Crippen LogP contribution in [0, 0.1) is 5.92 Å². The molecule has 2 heterocycles. The molecule has 0 aliphatic carbocycles. The summed E-state index contributed by atoms with van der Waals surface area (Å²) in [4.78, 5) is 4.02. The quantitative estimate of drug-likeness (QED) is 0.805. The van der Waals surface area contributed by atoms with Gasteiger partial charge in [-0.05, 0) is 30.9 Å². The summed E-state index contributed by atoms with van der Waals surface area (Å²) in [5.41, 5.74) is 1.03. The number of halogens is 1. The summed E-state index contributed by atoms with van der Waals surface area (Å²) in [6.07, 6.45) is 4.06. The summed E-state index contributed by atoms with van der Waals surface area (Å²) in [7, 11) is 0. The first-order valence-corrected chi connectivity index (χ1v) is 5.65. The number of anilines is 1. The molecule has 4 heteroatoms. The summed E-state index contributed by atoms with van der Waals surface area (Å²) < 4.78 is 5.31. The normalized spacial score (nSPS) is 17.7. The van der Waals surface area contributed by atoms with Crippen LogP contribution in [0.25, 0.3) is 0 Å². The molecule has 0 bridgehead atoms. The first-order chi connectivity index (χ1) is 7.34. The van der Waals surface area contributed by atoms with E-state index in [2.05, 4.69) is 10.3 Å². The molecule has 0 spiro atoms. The highest BCUT2D eigenvalue weighted by Crippen LogP contribution is 2.16. The van der Waals surface area contributed by atoms with Crippen LogP contribution >= 0.6 is 11.6 Å². The van der Waals surface area contributed by atoms with Crippen LogP contribution in [-0.4, -0.2) is 24.7 Å². The van der Waals surface area contributed by atoms with Crippen LogP contribution < -0.4 is 5.32 Å². The van der Waals surface area contributed by atoms with Crippen molar-refractivity contribution in [3.8, 4) is 0 Å². The van der Waals surface area contributed by atoms with Crippen LogP contribution in [0.3, 0.4) is 0 Å². The molecule has 1 N–H and O–H groups in total. The first-order valence-electron chi connectivity index (χ1n) is 5.28. The second kappa shape index (κ2) is 5.33. The largest absolute Gasteiger partial charge is 0.384 e. The van der Waals surface area contributed by atoms with Gasteiger partial charge in [-0.2, -0.15) is 0 Å². The fourth-order valence-electron chi connectivity index (χ4n) is 1.69. The van der Waals surface area contributed by atoms with Gasteiger partial charge in [0.15, 0.2) is 0 Å². The van der Waals surface area contributed by atoms with E-state index in [1.165, 1.54) is 0 Å². The molecule has 1 aromatic heterocycles. The van der Waals surface area contributed by atoms with Gasteiger partial charge in [0, 0.05) is 19.8 Å². The number of hydrogen-bond donors (Lipinski definition) is 1. The minimum absolute atomic E-state index is 0.534. The van der Waals surface area contributed by atoms with Gasteiger partial charge in [0.1, 0.15) is 5.15 Å². The molecule has 3 nitrogen and oxygen atoms in total. The Hall–Kier alpha value is -0.800. The Morgan fingerprint density at radius 3 is 2.87 bits per heavy atom. The Kier molecular flexibility index (Phi) is 3.80. The monoisotopic (exact) mass is 226 g/mol. The zero-order valence-corrected chi connectivity index (χ0v) is 9.33. The van der Waals surface area contributed by atoms with Crippen LogP contribution in [0.4, 0.5) is 5.69 Å².